The first-order chi connectivity index (χ1) is 30.0. The number of hydrogen-bond donors (Lipinski definition) is 2. The van der Waals surface area contributed by atoms with Gasteiger partial charge in [-0.15, -0.1) is 0 Å². The van der Waals surface area contributed by atoms with E-state index in [4.69, 9.17) is 52.1 Å². The fourth-order valence-electron chi connectivity index (χ4n) is 7.90. The molecule has 0 radical (unpaired) electrons. The summed E-state index contributed by atoms with van der Waals surface area (Å²) < 4.78 is 63.0. The van der Waals surface area contributed by atoms with Gasteiger partial charge in [-0.25, -0.2) is 4.79 Å². The van der Waals surface area contributed by atoms with Gasteiger partial charge in [0.15, 0.2) is 37.0 Å². The molecule has 6 rings (SSSR count). The predicted octanol–water partition coefficient (Wildman–Crippen LogP) is 1.10. The highest BCUT2D eigenvalue weighted by Gasteiger charge is 2.58. The lowest BCUT2D eigenvalue weighted by Crippen LogP contribution is -2.69. The number of benzene rings is 2. The molecule has 2 aromatic rings. The fourth-order valence-corrected chi connectivity index (χ4v) is 7.90. The van der Waals surface area contributed by atoms with E-state index in [1.54, 1.807) is 0 Å². The minimum absolute atomic E-state index is 0.0583. The molecule has 3 fully saturated rings. The van der Waals surface area contributed by atoms with E-state index in [2.05, 4.69) is 10.6 Å². The molecule has 1 aliphatic carbocycles. The SMILES string of the molecule is CC(=O)OC[C@H]1O[C@@H](O[C@@H]2[C@H]3NC(=O)[C@@H](NC(=O)OCC4c5ccccc5-c5ccccc54)CO[C@@H]3O[C@H](COC(C)=O)[C@@H]2OC(C)=O)[C@H](OC(C)=O)[C@@H](OC(C)=O)[C@H]1OC(C)=O. The summed E-state index contributed by atoms with van der Waals surface area (Å²) in [7, 11) is 0. The molecule has 340 valence electrons. The molecule has 3 saturated heterocycles. The maximum Gasteiger partial charge on any atom is 0.407 e. The predicted molar refractivity (Wildman–Crippen MR) is 208 cm³/mol. The van der Waals surface area contributed by atoms with Crippen LogP contribution in [-0.4, -0.2) is 142 Å². The van der Waals surface area contributed by atoms with Crippen molar-refractivity contribution < 1.29 is 90.5 Å². The van der Waals surface area contributed by atoms with Crippen molar-refractivity contribution in [3.63, 3.8) is 0 Å². The van der Waals surface area contributed by atoms with Crippen LogP contribution in [0, 0.1) is 0 Å². The van der Waals surface area contributed by atoms with Crippen LogP contribution < -0.4 is 10.6 Å². The standard InChI is InChI=1S/C42H48N2O19/c1-19(45)53-17-31-34(57-21(3)47)36(63-41-38(60-24(6)50)37(59-23(5)49)35(58-22(4)48)32(62-41)18-54-20(2)46)33-40(61-31)55-16-30(39(51)44-33)43-42(52)56-15-29-27-13-9-7-11-25(27)26-12-8-10-14-28(26)29/h7-14,29-38,40-41H,15-18H2,1-6H3,(H,43,52)(H,44,51)/t30-,31+,32+,33+,34-,35-,36+,37-,38+,40+,41-/m0/s1. The molecule has 0 saturated carbocycles. The van der Waals surface area contributed by atoms with Crippen LogP contribution in [0.2, 0.25) is 0 Å². The number of ether oxygens (including phenoxy) is 11. The van der Waals surface area contributed by atoms with E-state index < -0.39 is 135 Å². The largest absolute Gasteiger partial charge is 0.463 e. The van der Waals surface area contributed by atoms with Crippen LogP contribution in [0.5, 0.6) is 0 Å². The van der Waals surface area contributed by atoms with Crippen molar-refractivity contribution in [3.05, 3.63) is 59.7 Å². The number of carbonyl (C=O) groups excluding carboxylic acids is 8. The first kappa shape index (κ1) is 46.3. The Morgan fingerprint density at radius 3 is 1.63 bits per heavy atom. The van der Waals surface area contributed by atoms with E-state index in [9.17, 15) is 38.4 Å². The van der Waals surface area contributed by atoms with Crippen molar-refractivity contribution in [2.24, 2.45) is 0 Å². The number of nitrogens with one attached hydrogen (secondary N) is 2. The molecular formula is C42H48N2O19. The molecule has 0 aromatic heterocycles. The fraction of sp³-hybridized carbons (Fsp3) is 0.524. The van der Waals surface area contributed by atoms with E-state index in [0.717, 1.165) is 63.8 Å². The molecule has 11 atom stereocenters. The summed E-state index contributed by atoms with van der Waals surface area (Å²) >= 11 is 0. The van der Waals surface area contributed by atoms with Crippen molar-refractivity contribution in [1.29, 1.82) is 0 Å². The van der Waals surface area contributed by atoms with Gasteiger partial charge in [0.05, 0.1) is 6.61 Å². The molecule has 21 heteroatoms. The van der Waals surface area contributed by atoms with Crippen LogP contribution >= 0.6 is 0 Å². The number of carbonyl (C=O) groups is 8. The van der Waals surface area contributed by atoms with Crippen molar-refractivity contribution in [1.82, 2.24) is 10.6 Å². The Morgan fingerprint density at radius 2 is 1.10 bits per heavy atom. The van der Waals surface area contributed by atoms with Crippen LogP contribution in [0.4, 0.5) is 4.79 Å². The normalized spacial score (nSPS) is 28.5. The minimum Gasteiger partial charge on any atom is -0.463 e. The van der Waals surface area contributed by atoms with Crippen LogP contribution in [0.1, 0.15) is 58.6 Å². The van der Waals surface area contributed by atoms with E-state index in [1.165, 1.54) is 0 Å². The van der Waals surface area contributed by atoms with Gasteiger partial charge in [0.2, 0.25) is 5.91 Å². The molecule has 3 aliphatic heterocycles. The third kappa shape index (κ3) is 11.3. The average Bonchev–Trinajstić information content (AvgIpc) is 3.44. The Balaban J connectivity index is 1.28. The van der Waals surface area contributed by atoms with Gasteiger partial charge in [0, 0.05) is 47.5 Å². The summed E-state index contributed by atoms with van der Waals surface area (Å²) in [5.74, 6) is -6.19. The minimum atomic E-state index is -1.84. The Hall–Kier alpha value is -6.16. The molecule has 2 N–H and O–H groups in total. The molecule has 0 bridgehead atoms. The molecule has 63 heavy (non-hydrogen) atoms. The number of esters is 6. The number of rotatable bonds is 13. The van der Waals surface area contributed by atoms with Crippen LogP contribution in [-0.2, 0) is 85.7 Å². The Morgan fingerprint density at radius 1 is 0.603 bits per heavy atom. The number of alkyl carbamates (subject to hydrolysis) is 1. The van der Waals surface area contributed by atoms with Crippen molar-refractivity contribution >= 4 is 47.8 Å². The second-order valence-corrected chi connectivity index (χ2v) is 15.0. The molecule has 2 amide bonds. The van der Waals surface area contributed by atoms with E-state index in [0.29, 0.717) is 0 Å². The lowest BCUT2D eigenvalue weighted by Gasteiger charge is -2.48. The molecular weight excluding hydrogens is 836 g/mol. The van der Waals surface area contributed by atoms with E-state index in [1.807, 2.05) is 48.5 Å². The zero-order valence-corrected chi connectivity index (χ0v) is 35.1. The molecule has 0 unspecified atom stereocenters. The maximum atomic E-state index is 14.0. The number of fused-ring (bicyclic) bond motifs is 4. The van der Waals surface area contributed by atoms with Crippen LogP contribution in [0.15, 0.2) is 48.5 Å². The van der Waals surface area contributed by atoms with Gasteiger partial charge in [0.1, 0.15) is 50.2 Å². The molecule has 0 spiro atoms. The van der Waals surface area contributed by atoms with Crippen molar-refractivity contribution in [2.75, 3.05) is 26.4 Å². The third-order valence-electron chi connectivity index (χ3n) is 10.3. The average molecular weight is 885 g/mol. The third-order valence-corrected chi connectivity index (χ3v) is 10.3. The summed E-state index contributed by atoms with van der Waals surface area (Å²) in [6.45, 7) is 4.73. The van der Waals surface area contributed by atoms with Gasteiger partial charge in [0.25, 0.3) is 0 Å². The highest BCUT2D eigenvalue weighted by atomic mass is 16.8. The summed E-state index contributed by atoms with van der Waals surface area (Å²) in [5.41, 5.74) is 3.97. The van der Waals surface area contributed by atoms with Gasteiger partial charge >= 0.3 is 41.9 Å². The molecule has 3 heterocycles. The second kappa shape index (κ2) is 20.4. The first-order valence-electron chi connectivity index (χ1n) is 20.0. The number of amides is 2. The summed E-state index contributed by atoms with van der Waals surface area (Å²) in [4.78, 5) is 101. The van der Waals surface area contributed by atoms with Crippen molar-refractivity contribution in [2.45, 2.75) is 115 Å². The Labute approximate surface area is 360 Å². The maximum absolute atomic E-state index is 14.0. The highest BCUT2D eigenvalue weighted by Crippen LogP contribution is 2.44. The topological polar surface area (TPSA) is 262 Å². The van der Waals surface area contributed by atoms with E-state index in [-0.39, 0.29) is 12.5 Å². The zero-order chi connectivity index (χ0) is 45.5. The second-order valence-electron chi connectivity index (χ2n) is 15.0. The Kier molecular flexibility index (Phi) is 15.0. The lowest BCUT2D eigenvalue weighted by atomic mass is 9.94. The van der Waals surface area contributed by atoms with Gasteiger partial charge in [-0.05, 0) is 22.3 Å². The first-order valence-corrected chi connectivity index (χ1v) is 20.0. The number of hydrogen-bond acceptors (Lipinski definition) is 19. The van der Waals surface area contributed by atoms with Gasteiger partial charge in [-0.2, -0.15) is 0 Å². The highest BCUT2D eigenvalue weighted by molar-refractivity contribution is 5.86. The van der Waals surface area contributed by atoms with Crippen LogP contribution in [0.3, 0.4) is 0 Å². The zero-order valence-electron chi connectivity index (χ0n) is 35.1. The van der Waals surface area contributed by atoms with Gasteiger partial charge < -0.3 is 62.7 Å². The Bertz CT molecular complexity index is 2030. The quantitative estimate of drug-likeness (QED) is 0.211. The molecule has 4 aliphatic rings. The summed E-state index contributed by atoms with van der Waals surface area (Å²) in [6, 6.07) is 12.7. The molecule has 2 aromatic carbocycles. The summed E-state index contributed by atoms with van der Waals surface area (Å²) in [6.07, 6.45) is -15.1. The van der Waals surface area contributed by atoms with Gasteiger partial charge in [-0.3, -0.25) is 33.6 Å². The summed E-state index contributed by atoms with van der Waals surface area (Å²) in [5, 5.41) is 5.22. The molecule has 21 nitrogen and oxygen atoms in total. The van der Waals surface area contributed by atoms with Crippen LogP contribution in [0.25, 0.3) is 11.1 Å². The van der Waals surface area contributed by atoms with Crippen molar-refractivity contribution in [3.8, 4) is 11.1 Å². The van der Waals surface area contributed by atoms with Gasteiger partial charge in [-0.1, -0.05) is 48.5 Å². The smallest absolute Gasteiger partial charge is 0.407 e. The van der Waals surface area contributed by atoms with E-state index >= 15 is 0 Å². The lowest BCUT2D eigenvalue weighted by molar-refractivity contribution is -0.346. The monoisotopic (exact) mass is 884 g/mol.